The number of carbonyl (C=O) groups is 1. The minimum absolute atomic E-state index is 0.0147. The summed E-state index contributed by atoms with van der Waals surface area (Å²) in [6.45, 7) is 2.38. The van der Waals surface area contributed by atoms with Crippen LogP contribution < -0.4 is 10.6 Å². The van der Waals surface area contributed by atoms with E-state index in [9.17, 15) is 9.00 Å². The van der Waals surface area contributed by atoms with E-state index in [-0.39, 0.29) is 17.3 Å². The van der Waals surface area contributed by atoms with Crippen LogP contribution in [0.25, 0.3) is 0 Å². The van der Waals surface area contributed by atoms with Crippen molar-refractivity contribution in [3.8, 4) is 0 Å². The smallest absolute Gasteiger partial charge is 0.319 e. The van der Waals surface area contributed by atoms with Crippen molar-refractivity contribution in [1.29, 1.82) is 0 Å². The second-order valence-electron chi connectivity index (χ2n) is 5.79. The van der Waals surface area contributed by atoms with Gasteiger partial charge >= 0.3 is 6.03 Å². The Labute approximate surface area is 140 Å². The molecule has 1 aromatic carbocycles. The van der Waals surface area contributed by atoms with Gasteiger partial charge in [-0.3, -0.25) is 4.21 Å². The van der Waals surface area contributed by atoms with E-state index in [4.69, 9.17) is 4.74 Å². The maximum atomic E-state index is 12.3. The molecule has 0 radical (unpaired) electrons. The summed E-state index contributed by atoms with van der Waals surface area (Å²) in [7, 11) is 0.752. The Kier molecular flexibility index (Phi) is 7.05. The zero-order valence-electron chi connectivity index (χ0n) is 13.8. The van der Waals surface area contributed by atoms with Gasteiger partial charge < -0.3 is 15.4 Å². The van der Waals surface area contributed by atoms with E-state index < -0.39 is 10.8 Å². The third kappa shape index (κ3) is 5.04. The Balaban J connectivity index is 1.99. The molecule has 1 aliphatic carbocycles. The number of nitrogens with one attached hydrogen (secondary N) is 2. The lowest BCUT2D eigenvalue weighted by atomic mass is 9.95. The molecule has 3 atom stereocenters. The maximum absolute atomic E-state index is 12.3. The number of urea groups is 1. The largest absolute Gasteiger partial charge is 0.380 e. The van der Waals surface area contributed by atoms with Crippen molar-refractivity contribution in [1.82, 2.24) is 5.32 Å². The number of rotatable bonds is 6. The zero-order valence-corrected chi connectivity index (χ0v) is 14.7. The van der Waals surface area contributed by atoms with Crippen molar-refractivity contribution in [3.05, 3.63) is 29.8 Å². The number of benzene rings is 1. The summed E-state index contributed by atoms with van der Waals surface area (Å²) < 4.78 is 17.3. The molecule has 6 heteroatoms. The van der Waals surface area contributed by atoms with Gasteiger partial charge in [0, 0.05) is 41.0 Å². The third-order valence-electron chi connectivity index (χ3n) is 4.21. The van der Waals surface area contributed by atoms with Crippen LogP contribution in [0.1, 0.15) is 38.2 Å². The van der Waals surface area contributed by atoms with Gasteiger partial charge in [-0.05, 0) is 18.9 Å². The van der Waals surface area contributed by atoms with E-state index in [0.717, 1.165) is 36.9 Å². The van der Waals surface area contributed by atoms with Crippen molar-refractivity contribution in [2.75, 3.05) is 18.2 Å². The molecule has 0 spiro atoms. The van der Waals surface area contributed by atoms with Gasteiger partial charge in [-0.25, -0.2) is 4.79 Å². The van der Waals surface area contributed by atoms with Crippen molar-refractivity contribution in [2.24, 2.45) is 0 Å². The highest BCUT2D eigenvalue weighted by atomic mass is 32.2. The fraction of sp³-hybridized carbons (Fsp3) is 0.588. The number of methoxy groups -OCH3 is 1. The molecule has 0 aromatic heterocycles. The number of ether oxygens (including phenoxy) is 1. The van der Waals surface area contributed by atoms with Gasteiger partial charge in [-0.15, -0.1) is 0 Å². The first-order chi connectivity index (χ1) is 11.2. The highest BCUT2D eigenvalue weighted by Gasteiger charge is 2.30. The van der Waals surface area contributed by atoms with Crippen LogP contribution in [0.15, 0.2) is 24.3 Å². The summed E-state index contributed by atoms with van der Waals surface area (Å²) in [4.78, 5) is 12.3. The minimum Gasteiger partial charge on any atom is -0.380 e. The Morgan fingerprint density at radius 1 is 1.30 bits per heavy atom. The van der Waals surface area contributed by atoms with Gasteiger partial charge in [0.05, 0.1) is 11.9 Å². The zero-order chi connectivity index (χ0) is 16.7. The standard InChI is InChI=1S/C17H26N2O3S/c1-3-23(21)16-11-7-6-10-15(16)19-17(20)18-14-9-5-4-8-13(14)12-22-2/h4-5,8-9,15-16H,3,6-7,10-12H2,1-2H3,(H2,18,19,20)/t15-,16-,23+/m0/s1. The second-order valence-corrected chi connectivity index (χ2v) is 7.73. The molecule has 2 amide bonds. The lowest BCUT2D eigenvalue weighted by Crippen LogP contribution is -2.48. The fourth-order valence-electron chi connectivity index (χ4n) is 3.04. The molecule has 0 saturated heterocycles. The van der Waals surface area contributed by atoms with Gasteiger partial charge in [0.25, 0.3) is 0 Å². The Morgan fingerprint density at radius 3 is 2.78 bits per heavy atom. The summed E-state index contributed by atoms with van der Waals surface area (Å²) in [6, 6.07) is 7.33. The van der Waals surface area contributed by atoms with Crippen LogP contribution in [-0.2, 0) is 22.1 Å². The number of hydrogen-bond acceptors (Lipinski definition) is 3. The van der Waals surface area contributed by atoms with Crippen molar-refractivity contribution < 1.29 is 13.7 Å². The monoisotopic (exact) mass is 338 g/mol. The molecule has 0 bridgehead atoms. The summed E-state index contributed by atoms with van der Waals surface area (Å²) in [5.41, 5.74) is 1.68. The van der Waals surface area contributed by atoms with E-state index in [2.05, 4.69) is 10.6 Å². The molecule has 0 aliphatic heterocycles. The summed E-state index contributed by atoms with van der Waals surface area (Å²) in [5, 5.41) is 5.97. The molecule has 2 rings (SSSR count). The Hall–Kier alpha value is -1.40. The fourth-order valence-corrected chi connectivity index (χ4v) is 4.47. The number of anilines is 1. The molecular formula is C17H26N2O3S. The predicted octanol–water partition coefficient (Wildman–Crippen LogP) is 3.03. The van der Waals surface area contributed by atoms with E-state index >= 15 is 0 Å². The average Bonchev–Trinajstić information content (AvgIpc) is 2.56. The molecule has 1 saturated carbocycles. The first kappa shape index (κ1) is 17.9. The summed E-state index contributed by atoms with van der Waals surface area (Å²) >= 11 is 0. The average molecular weight is 338 g/mol. The first-order valence-corrected chi connectivity index (χ1v) is 9.55. The van der Waals surface area contributed by atoms with Crippen LogP contribution in [0.2, 0.25) is 0 Å². The lowest BCUT2D eigenvalue weighted by molar-refractivity contribution is 0.185. The highest BCUT2D eigenvalue weighted by Crippen LogP contribution is 2.23. The molecule has 0 unspecified atom stereocenters. The van der Waals surface area contributed by atoms with Gasteiger partial charge in [0.2, 0.25) is 0 Å². The predicted molar refractivity (Wildman–Crippen MR) is 94.0 cm³/mol. The van der Waals surface area contributed by atoms with E-state index in [0.29, 0.717) is 12.4 Å². The summed E-state index contributed by atoms with van der Waals surface area (Å²) in [5.74, 6) is 0.640. The molecule has 1 fully saturated rings. The number of amides is 2. The molecule has 5 nitrogen and oxygen atoms in total. The van der Waals surface area contributed by atoms with Gasteiger partial charge in [-0.2, -0.15) is 0 Å². The van der Waals surface area contributed by atoms with Crippen LogP contribution in [-0.4, -0.2) is 34.4 Å². The number of hydrogen-bond donors (Lipinski definition) is 2. The van der Waals surface area contributed by atoms with Crippen LogP contribution >= 0.6 is 0 Å². The van der Waals surface area contributed by atoms with Gasteiger partial charge in [0.1, 0.15) is 0 Å². The molecule has 1 aliphatic rings. The van der Waals surface area contributed by atoms with Crippen LogP contribution in [0.4, 0.5) is 10.5 Å². The van der Waals surface area contributed by atoms with Crippen molar-refractivity contribution >= 4 is 22.5 Å². The van der Waals surface area contributed by atoms with E-state index in [1.165, 1.54) is 0 Å². The topological polar surface area (TPSA) is 67.4 Å². The molecule has 2 N–H and O–H groups in total. The van der Waals surface area contributed by atoms with E-state index in [1.807, 2.05) is 31.2 Å². The minimum atomic E-state index is -0.876. The second kappa shape index (κ2) is 9.03. The van der Waals surface area contributed by atoms with Crippen LogP contribution in [0, 0.1) is 0 Å². The molecule has 1 aromatic rings. The SMILES string of the molecule is CC[S@@](=O)[C@H]1CCCC[C@@H]1NC(=O)Nc1ccccc1COC. The maximum Gasteiger partial charge on any atom is 0.319 e. The van der Waals surface area contributed by atoms with Crippen LogP contribution in [0.3, 0.4) is 0 Å². The van der Waals surface area contributed by atoms with Crippen molar-refractivity contribution in [2.45, 2.75) is 50.5 Å². The normalized spacial score (nSPS) is 22.3. The Bertz CT molecular complexity index is 550. The quantitative estimate of drug-likeness (QED) is 0.838. The lowest BCUT2D eigenvalue weighted by Gasteiger charge is -2.31. The third-order valence-corrected chi connectivity index (χ3v) is 6.02. The molecule has 23 heavy (non-hydrogen) atoms. The van der Waals surface area contributed by atoms with E-state index in [1.54, 1.807) is 7.11 Å². The van der Waals surface area contributed by atoms with Crippen LogP contribution in [0.5, 0.6) is 0 Å². The van der Waals surface area contributed by atoms with Gasteiger partial charge in [0.15, 0.2) is 0 Å². The molecule has 0 heterocycles. The first-order valence-electron chi connectivity index (χ1n) is 8.17. The van der Waals surface area contributed by atoms with Crippen molar-refractivity contribution in [3.63, 3.8) is 0 Å². The number of para-hydroxylation sites is 1. The summed E-state index contributed by atoms with van der Waals surface area (Å²) in [6.07, 6.45) is 3.98. The van der Waals surface area contributed by atoms with Gasteiger partial charge in [-0.1, -0.05) is 38.0 Å². The molecular weight excluding hydrogens is 312 g/mol. The highest BCUT2D eigenvalue weighted by molar-refractivity contribution is 7.85. The molecule has 128 valence electrons. The Morgan fingerprint density at radius 2 is 2.04 bits per heavy atom. The number of carbonyl (C=O) groups excluding carboxylic acids is 1.